The third-order valence-corrected chi connectivity index (χ3v) is 4.32. The summed E-state index contributed by atoms with van der Waals surface area (Å²) >= 11 is 0. The Labute approximate surface area is 172 Å². The van der Waals surface area contributed by atoms with Gasteiger partial charge >= 0.3 is 0 Å². The molecule has 0 amide bonds. The molecule has 0 heterocycles. The number of hydrogen-bond donors (Lipinski definition) is 0. The van der Waals surface area contributed by atoms with E-state index in [2.05, 4.69) is 17.6 Å². The van der Waals surface area contributed by atoms with Gasteiger partial charge in [-0.3, -0.25) is 4.99 Å². The van der Waals surface area contributed by atoms with Gasteiger partial charge in [0.15, 0.2) is 11.5 Å². The van der Waals surface area contributed by atoms with E-state index in [0.717, 1.165) is 35.3 Å². The number of ether oxygens (including phenoxy) is 3. The molecule has 0 aliphatic heterocycles. The number of nitriles is 1. The third-order valence-electron chi connectivity index (χ3n) is 4.32. The van der Waals surface area contributed by atoms with Gasteiger partial charge in [-0.15, -0.1) is 6.58 Å². The van der Waals surface area contributed by atoms with Gasteiger partial charge in [-0.1, -0.05) is 24.3 Å². The summed E-state index contributed by atoms with van der Waals surface area (Å²) in [6.07, 6.45) is 5.49. The molecule has 2 aromatic carbocycles. The second-order valence-corrected chi connectivity index (χ2v) is 6.17. The lowest BCUT2D eigenvalue weighted by Crippen LogP contribution is -2.02. The van der Waals surface area contributed by atoms with Crippen molar-refractivity contribution in [3.8, 4) is 23.3 Å². The zero-order valence-corrected chi connectivity index (χ0v) is 17.1. The van der Waals surface area contributed by atoms with Crippen LogP contribution in [0.1, 0.15) is 24.0 Å². The minimum absolute atomic E-state index is 0.383. The number of hydrogen-bond acceptors (Lipinski definition) is 5. The average molecular weight is 390 g/mol. The predicted octanol–water partition coefficient (Wildman–Crippen LogP) is 5.18. The molecule has 0 saturated carbocycles. The Morgan fingerprint density at radius 3 is 2.34 bits per heavy atom. The van der Waals surface area contributed by atoms with Gasteiger partial charge < -0.3 is 14.2 Å². The maximum atomic E-state index is 9.76. The second-order valence-electron chi connectivity index (χ2n) is 6.17. The number of aliphatic imine (C=N–C) groups is 1. The number of unbranched alkanes of at least 4 members (excludes halogenated alkanes) is 1. The van der Waals surface area contributed by atoms with Crippen molar-refractivity contribution in [1.29, 1.82) is 5.26 Å². The van der Waals surface area contributed by atoms with Crippen molar-refractivity contribution in [1.82, 2.24) is 0 Å². The zero-order valence-electron chi connectivity index (χ0n) is 17.1. The van der Waals surface area contributed by atoms with Gasteiger partial charge in [0.1, 0.15) is 17.5 Å². The quantitative estimate of drug-likeness (QED) is 0.243. The molecule has 0 aliphatic carbocycles. The Kier molecular flexibility index (Phi) is 8.52. The highest BCUT2D eigenvalue weighted by Crippen LogP contribution is 2.30. The van der Waals surface area contributed by atoms with E-state index in [-0.39, 0.29) is 0 Å². The topological polar surface area (TPSA) is 63.8 Å². The summed E-state index contributed by atoms with van der Waals surface area (Å²) in [5.74, 6) is 2.02. The van der Waals surface area contributed by atoms with Crippen molar-refractivity contribution in [2.24, 2.45) is 4.99 Å². The molecule has 0 unspecified atom stereocenters. The molecular formula is C24H26N2O3. The standard InChI is InChI=1S/C24H26N2O3/c1-5-6-7-14-26-22(17-25)21(19-9-11-20(27-2)12-10-19)15-18-8-13-23(28-3)24(16-18)29-4/h5,8-13,15-16H,1,6-7,14H2,2-4H3/b21-15+,26-22?. The first-order valence-corrected chi connectivity index (χ1v) is 9.30. The molecule has 0 aliphatic rings. The molecule has 5 heteroatoms. The van der Waals surface area contributed by atoms with Crippen LogP contribution >= 0.6 is 0 Å². The molecule has 5 nitrogen and oxygen atoms in total. The number of nitrogens with zero attached hydrogens (tertiary/aromatic N) is 2. The molecule has 0 spiro atoms. The summed E-state index contributed by atoms with van der Waals surface area (Å²) in [5.41, 5.74) is 2.88. The molecule has 0 radical (unpaired) electrons. The van der Waals surface area contributed by atoms with Crippen LogP contribution in [0, 0.1) is 11.3 Å². The van der Waals surface area contributed by atoms with Gasteiger partial charge in [-0.2, -0.15) is 5.26 Å². The van der Waals surface area contributed by atoms with Gasteiger partial charge in [0.25, 0.3) is 0 Å². The highest BCUT2D eigenvalue weighted by atomic mass is 16.5. The summed E-state index contributed by atoms with van der Waals surface area (Å²) in [7, 11) is 4.81. The normalized spacial score (nSPS) is 11.5. The minimum Gasteiger partial charge on any atom is -0.497 e. The molecule has 0 saturated heterocycles. The lowest BCUT2D eigenvalue weighted by molar-refractivity contribution is 0.355. The Hall–Kier alpha value is -3.52. The van der Waals surface area contributed by atoms with E-state index in [1.54, 1.807) is 21.3 Å². The lowest BCUT2D eigenvalue weighted by Gasteiger charge is -2.10. The third kappa shape index (κ3) is 5.98. The van der Waals surface area contributed by atoms with Crippen LogP contribution in [-0.4, -0.2) is 33.6 Å². The second kappa shape index (κ2) is 11.4. The van der Waals surface area contributed by atoms with Crippen LogP contribution in [0.25, 0.3) is 11.6 Å². The predicted molar refractivity (Wildman–Crippen MR) is 118 cm³/mol. The van der Waals surface area contributed by atoms with Crippen LogP contribution in [0.2, 0.25) is 0 Å². The smallest absolute Gasteiger partial charge is 0.161 e. The van der Waals surface area contributed by atoms with Crippen LogP contribution in [0.4, 0.5) is 0 Å². The lowest BCUT2D eigenvalue weighted by atomic mass is 9.98. The first-order chi connectivity index (χ1) is 14.2. The Balaban J connectivity index is 2.52. The van der Waals surface area contributed by atoms with E-state index < -0.39 is 0 Å². The largest absolute Gasteiger partial charge is 0.497 e. The number of rotatable bonds is 10. The van der Waals surface area contributed by atoms with Crippen LogP contribution in [0.15, 0.2) is 60.1 Å². The van der Waals surface area contributed by atoms with E-state index in [9.17, 15) is 5.26 Å². The Morgan fingerprint density at radius 1 is 1.03 bits per heavy atom. The maximum Gasteiger partial charge on any atom is 0.161 e. The van der Waals surface area contributed by atoms with Gasteiger partial charge in [0, 0.05) is 12.1 Å². The van der Waals surface area contributed by atoms with Crippen LogP contribution in [0.3, 0.4) is 0 Å². The van der Waals surface area contributed by atoms with Gasteiger partial charge in [-0.05, 0) is 54.3 Å². The summed E-state index contributed by atoms with van der Waals surface area (Å²) in [5, 5.41) is 9.76. The molecule has 0 fully saturated rings. The number of benzene rings is 2. The fourth-order valence-electron chi connectivity index (χ4n) is 2.78. The van der Waals surface area contributed by atoms with Crippen molar-refractivity contribution in [3.05, 3.63) is 66.2 Å². The number of allylic oxidation sites excluding steroid dienone is 2. The van der Waals surface area contributed by atoms with Crippen molar-refractivity contribution < 1.29 is 14.2 Å². The first kappa shape index (κ1) is 21.8. The van der Waals surface area contributed by atoms with Crippen LogP contribution < -0.4 is 14.2 Å². The van der Waals surface area contributed by atoms with E-state index >= 15 is 0 Å². The van der Waals surface area contributed by atoms with E-state index in [1.165, 1.54) is 0 Å². The van der Waals surface area contributed by atoms with Gasteiger partial charge in [0.2, 0.25) is 0 Å². The monoisotopic (exact) mass is 390 g/mol. The van der Waals surface area contributed by atoms with Gasteiger partial charge in [-0.25, -0.2) is 0 Å². The van der Waals surface area contributed by atoms with E-state index in [1.807, 2.05) is 54.6 Å². The molecular weight excluding hydrogens is 364 g/mol. The molecule has 0 N–H and O–H groups in total. The van der Waals surface area contributed by atoms with Crippen molar-refractivity contribution in [3.63, 3.8) is 0 Å². The molecule has 0 aromatic heterocycles. The average Bonchev–Trinajstić information content (AvgIpc) is 2.78. The minimum atomic E-state index is 0.383. The number of methoxy groups -OCH3 is 3. The SMILES string of the molecule is C=CCCCN=C(C#N)/C(=C/c1ccc(OC)c(OC)c1)c1ccc(OC)cc1. The highest BCUT2D eigenvalue weighted by Gasteiger charge is 2.12. The fraction of sp³-hybridized carbons (Fsp3) is 0.250. The Bertz CT molecular complexity index is 922. The highest BCUT2D eigenvalue weighted by molar-refractivity contribution is 6.34. The summed E-state index contributed by atoms with van der Waals surface area (Å²) < 4.78 is 16.0. The maximum absolute atomic E-state index is 9.76. The van der Waals surface area contributed by atoms with Crippen molar-refractivity contribution in [2.45, 2.75) is 12.8 Å². The van der Waals surface area contributed by atoms with Gasteiger partial charge in [0.05, 0.1) is 21.3 Å². The zero-order chi connectivity index (χ0) is 21.1. The molecule has 2 rings (SSSR count). The summed E-state index contributed by atoms with van der Waals surface area (Å²) in [4.78, 5) is 4.52. The molecule has 29 heavy (non-hydrogen) atoms. The molecule has 0 bridgehead atoms. The van der Waals surface area contributed by atoms with Crippen LogP contribution in [0.5, 0.6) is 17.2 Å². The van der Waals surface area contributed by atoms with Crippen LogP contribution in [-0.2, 0) is 0 Å². The molecule has 2 aromatic rings. The van der Waals surface area contributed by atoms with E-state index in [0.29, 0.717) is 23.8 Å². The van der Waals surface area contributed by atoms with E-state index in [4.69, 9.17) is 14.2 Å². The Morgan fingerprint density at radius 2 is 1.76 bits per heavy atom. The van der Waals surface area contributed by atoms with Crippen molar-refractivity contribution >= 4 is 17.4 Å². The summed E-state index contributed by atoms with van der Waals surface area (Å²) in [6.45, 7) is 4.29. The molecule has 0 atom stereocenters. The molecule has 150 valence electrons. The van der Waals surface area contributed by atoms with Crippen molar-refractivity contribution in [2.75, 3.05) is 27.9 Å². The fourth-order valence-corrected chi connectivity index (χ4v) is 2.78. The summed E-state index contributed by atoms with van der Waals surface area (Å²) in [6, 6.07) is 15.4. The first-order valence-electron chi connectivity index (χ1n) is 9.30.